The molecule has 1 aromatic heterocycles. The van der Waals surface area contributed by atoms with Crippen molar-refractivity contribution in [2.45, 2.75) is 38.5 Å². The molecule has 0 radical (unpaired) electrons. The fourth-order valence-electron chi connectivity index (χ4n) is 4.71. The van der Waals surface area contributed by atoms with Crippen LogP contribution < -0.4 is 10.2 Å². The van der Waals surface area contributed by atoms with Crippen molar-refractivity contribution in [3.05, 3.63) is 34.6 Å². The van der Waals surface area contributed by atoms with Gasteiger partial charge >= 0.3 is 46.5 Å². The van der Waals surface area contributed by atoms with Crippen LogP contribution in [0.1, 0.15) is 38.5 Å². The zero-order chi connectivity index (χ0) is 25.4. The van der Waals surface area contributed by atoms with Crippen LogP contribution in [-0.4, -0.2) is 68.4 Å². The first-order chi connectivity index (χ1) is 16.2. The number of halogens is 6. The summed E-state index contributed by atoms with van der Waals surface area (Å²) < 4.78 is 73.5. The smallest absolute Gasteiger partial charge is 0.263 e. The molecule has 8 nitrogen and oxygen atoms in total. The van der Waals surface area contributed by atoms with Crippen LogP contribution in [0, 0.1) is 0 Å². The minimum atomic E-state index is -10.7. The number of nitrogens with zero attached hydrogens (tertiary/aromatic N) is 6. The van der Waals surface area contributed by atoms with E-state index in [0.29, 0.717) is 10.9 Å². The standard InChI is InChI=1S/C19H28N6O2P.F6P/c26-19-17-9-1-2-10-18(17)20-21-25(19)27-28(22-11-3-4-12-22,23-13-5-6-14-23)24-15-7-8-16-24;1-7(2,3,4,5)6/h1-2,9-10H,3-8,11-16H2;/q+1;-1. The van der Waals surface area contributed by atoms with Gasteiger partial charge in [0.1, 0.15) is 5.52 Å². The van der Waals surface area contributed by atoms with Gasteiger partial charge in [-0.25, -0.2) is 0 Å². The third-order valence-corrected chi connectivity index (χ3v) is 9.87. The second-order valence-corrected chi connectivity index (χ2v) is 13.6. The molecule has 3 saturated heterocycles. The molecule has 0 amide bonds. The summed E-state index contributed by atoms with van der Waals surface area (Å²) in [5.74, 6) is 0. The summed E-state index contributed by atoms with van der Waals surface area (Å²) in [5.41, 5.74) is 0.396. The van der Waals surface area contributed by atoms with Gasteiger partial charge in [-0.1, -0.05) is 12.1 Å². The van der Waals surface area contributed by atoms with Crippen LogP contribution in [0.3, 0.4) is 0 Å². The molecule has 0 N–H and O–H groups in total. The summed E-state index contributed by atoms with van der Waals surface area (Å²) in [6.45, 7) is 6.15. The summed E-state index contributed by atoms with van der Waals surface area (Å²) in [6, 6.07) is 7.35. The van der Waals surface area contributed by atoms with E-state index in [1.54, 1.807) is 6.07 Å². The molecular weight excluding hydrogens is 520 g/mol. The van der Waals surface area contributed by atoms with Gasteiger partial charge in [0.05, 0.1) is 5.39 Å². The Morgan fingerprint density at radius 3 is 1.57 bits per heavy atom. The monoisotopic (exact) mass is 548 g/mol. The number of rotatable bonds is 5. The minimum absolute atomic E-state index is 0.215. The van der Waals surface area contributed by atoms with E-state index in [0.717, 1.165) is 39.3 Å². The maximum absolute atomic E-state index is 13.1. The van der Waals surface area contributed by atoms with Crippen molar-refractivity contribution in [3.63, 3.8) is 0 Å². The van der Waals surface area contributed by atoms with Gasteiger partial charge < -0.3 is 0 Å². The molecule has 0 atom stereocenters. The van der Waals surface area contributed by atoms with Crippen molar-refractivity contribution >= 4 is 26.7 Å². The molecule has 1 aromatic carbocycles. The average molecular weight is 548 g/mol. The van der Waals surface area contributed by atoms with Crippen LogP contribution in [0.15, 0.2) is 29.1 Å². The quantitative estimate of drug-likeness (QED) is 0.358. The molecule has 0 bridgehead atoms. The Morgan fingerprint density at radius 1 is 0.743 bits per heavy atom. The fourth-order valence-corrected chi connectivity index (χ4v) is 8.82. The number of hydrogen-bond donors (Lipinski definition) is 0. The van der Waals surface area contributed by atoms with E-state index in [2.05, 4.69) is 24.3 Å². The van der Waals surface area contributed by atoms with Gasteiger partial charge in [-0.15, -0.1) is 19.1 Å². The first-order valence-corrected chi connectivity index (χ1v) is 15.1. The third kappa shape index (κ3) is 6.80. The first-order valence-electron chi connectivity index (χ1n) is 11.5. The average Bonchev–Trinajstić information content (AvgIpc) is 3.55. The van der Waals surface area contributed by atoms with Crippen LogP contribution >= 0.6 is 15.8 Å². The van der Waals surface area contributed by atoms with Crippen molar-refractivity contribution < 1.29 is 29.8 Å². The molecule has 2 aromatic rings. The Hall–Kier alpha value is -1.59. The van der Waals surface area contributed by atoms with Crippen molar-refractivity contribution in [1.29, 1.82) is 0 Å². The maximum atomic E-state index is 13.1. The van der Waals surface area contributed by atoms with E-state index in [1.807, 2.05) is 18.2 Å². The van der Waals surface area contributed by atoms with E-state index in [9.17, 15) is 30.0 Å². The Bertz CT molecular complexity index is 1050. The predicted octanol–water partition coefficient (Wildman–Crippen LogP) is 5.57. The minimum Gasteiger partial charge on any atom is -0.263 e. The van der Waals surface area contributed by atoms with Crippen molar-refractivity contribution in [1.82, 2.24) is 29.2 Å². The summed E-state index contributed by atoms with van der Waals surface area (Å²) in [4.78, 5) is 14.3. The second kappa shape index (κ2) is 9.06. The van der Waals surface area contributed by atoms with Crippen LogP contribution in [0.5, 0.6) is 0 Å². The van der Waals surface area contributed by atoms with Gasteiger partial charge in [-0.3, -0.25) is 4.79 Å². The van der Waals surface area contributed by atoms with Crippen molar-refractivity contribution in [3.8, 4) is 0 Å². The predicted molar refractivity (Wildman–Crippen MR) is 123 cm³/mol. The molecule has 4 heterocycles. The molecular formula is C19H28F6N6O2P2. The maximum Gasteiger partial charge on any atom is 0.451 e. The SMILES string of the molecule is F[P-](F)(F)(F)(F)F.O=c1c2ccccc2nnn1O[P+](N1CCCC1)(N1CCCC1)N1CCCC1. The molecule has 3 aliphatic heterocycles. The van der Waals surface area contributed by atoms with Crippen molar-refractivity contribution in [2.75, 3.05) is 39.3 Å². The molecule has 3 fully saturated rings. The van der Waals surface area contributed by atoms with E-state index < -0.39 is 15.8 Å². The van der Waals surface area contributed by atoms with Gasteiger partial charge in [0.15, 0.2) is 0 Å². The van der Waals surface area contributed by atoms with E-state index in [-0.39, 0.29) is 5.56 Å². The summed E-state index contributed by atoms with van der Waals surface area (Å²) in [6.07, 6.45) is 7.11. The van der Waals surface area contributed by atoms with Crippen LogP contribution in [0.25, 0.3) is 10.9 Å². The molecule has 0 aliphatic carbocycles. The van der Waals surface area contributed by atoms with Gasteiger partial charge in [0, 0.05) is 44.1 Å². The third-order valence-electron chi connectivity index (χ3n) is 6.08. The van der Waals surface area contributed by atoms with Crippen LogP contribution in [0.2, 0.25) is 0 Å². The van der Waals surface area contributed by atoms with Gasteiger partial charge in [-0.05, 0) is 55.9 Å². The number of benzene rings is 1. The molecule has 0 spiro atoms. The van der Waals surface area contributed by atoms with Gasteiger partial charge in [0.2, 0.25) is 0 Å². The Morgan fingerprint density at radius 2 is 1.14 bits per heavy atom. The molecule has 0 saturated carbocycles. The number of hydrogen-bond acceptors (Lipinski definition) is 7. The van der Waals surface area contributed by atoms with E-state index >= 15 is 0 Å². The Labute approximate surface area is 198 Å². The Balaban J connectivity index is 0.000000364. The normalized spacial score (nSPS) is 22.6. The number of aromatic nitrogens is 3. The zero-order valence-electron chi connectivity index (χ0n) is 19.0. The molecule has 5 rings (SSSR count). The van der Waals surface area contributed by atoms with E-state index in [4.69, 9.17) is 4.62 Å². The van der Waals surface area contributed by atoms with Crippen LogP contribution in [0.4, 0.5) is 25.2 Å². The second-order valence-electron chi connectivity index (χ2n) is 8.82. The van der Waals surface area contributed by atoms with Gasteiger partial charge in [-0.2, -0.15) is 4.62 Å². The summed E-state index contributed by atoms with van der Waals surface area (Å²) >= 11 is 0. The first kappa shape index (κ1) is 26.5. The molecule has 35 heavy (non-hydrogen) atoms. The zero-order valence-corrected chi connectivity index (χ0v) is 20.7. The van der Waals surface area contributed by atoms with Crippen molar-refractivity contribution in [2.24, 2.45) is 0 Å². The molecule has 16 heteroatoms. The summed E-state index contributed by atoms with van der Waals surface area (Å²) in [7, 11) is -13.0. The molecule has 198 valence electrons. The van der Waals surface area contributed by atoms with Gasteiger partial charge in [0.25, 0.3) is 0 Å². The van der Waals surface area contributed by atoms with E-state index in [1.165, 1.54) is 43.4 Å². The summed E-state index contributed by atoms with van der Waals surface area (Å²) in [5, 5.41) is 9.00. The Kier molecular flexibility index (Phi) is 6.85. The topological polar surface area (TPSA) is 66.7 Å². The molecule has 0 unspecified atom stereocenters. The molecule has 3 aliphatic rings. The fraction of sp³-hybridized carbons (Fsp3) is 0.632. The number of fused-ring (bicyclic) bond motifs is 1. The van der Waals surface area contributed by atoms with Crippen LogP contribution in [-0.2, 0) is 0 Å². The largest absolute Gasteiger partial charge is 0.451 e.